The zero-order valence-corrected chi connectivity index (χ0v) is 15.1. The molecule has 6 heteroatoms. The third-order valence-electron chi connectivity index (χ3n) is 3.85. The van der Waals surface area contributed by atoms with Gasteiger partial charge < -0.3 is 0 Å². The van der Waals surface area contributed by atoms with Crippen LogP contribution >= 0.6 is 0 Å². The van der Waals surface area contributed by atoms with E-state index in [0.717, 1.165) is 5.56 Å². The fourth-order valence-electron chi connectivity index (χ4n) is 2.28. The first-order valence-corrected chi connectivity index (χ1v) is 9.35. The molecule has 2 rings (SSSR count). The van der Waals surface area contributed by atoms with Gasteiger partial charge in [-0.3, -0.25) is 4.68 Å². The fourth-order valence-corrected chi connectivity index (χ4v) is 3.45. The summed E-state index contributed by atoms with van der Waals surface area (Å²) in [6, 6.07) is 7.85. The van der Waals surface area contributed by atoms with E-state index in [9.17, 15) is 8.42 Å². The number of nitrogens with zero attached hydrogens (tertiary/aromatic N) is 2. The maximum Gasteiger partial charge on any atom is 0.244 e. The molecule has 1 heterocycles. The Morgan fingerprint density at radius 3 is 2.04 bits per heavy atom. The number of nitrogens with one attached hydrogen (secondary N) is 1. The zero-order valence-electron chi connectivity index (χ0n) is 14.3. The van der Waals surface area contributed by atoms with E-state index in [1.165, 1.54) is 11.8 Å². The number of aromatic nitrogens is 2. The van der Waals surface area contributed by atoms with Crippen molar-refractivity contribution in [3.8, 4) is 0 Å². The van der Waals surface area contributed by atoms with E-state index >= 15 is 0 Å². The van der Waals surface area contributed by atoms with Gasteiger partial charge in [-0.05, 0) is 37.8 Å². The monoisotopic (exact) mass is 335 g/mol. The van der Waals surface area contributed by atoms with Crippen LogP contribution in [0.15, 0.2) is 41.6 Å². The van der Waals surface area contributed by atoms with Crippen LogP contribution < -0.4 is 4.72 Å². The minimum atomic E-state index is -3.58. The van der Waals surface area contributed by atoms with Gasteiger partial charge in [-0.15, -0.1) is 0 Å². The summed E-state index contributed by atoms with van der Waals surface area (Å²) in [6.45, 7) is 10.0. The highest BCUT2D eigenvalue weighted by atomic mass is 32.2. The molecule has 0 aliphatic heterocycles. The lowest BCUT2D eigenvalue weighted by molar-refractivity contribution is 0.530. The molecule has 0 saturated heterocycles. The van der Waals surface area contributed by atoms with Gasteiger partial charge in [0.2, 0.25) is 10.0 Å². The first kappa shape index (κ1) is 17.7. The molecule has 2 aromatic rings. The summed E-state index contributed by atoms with van der Waals surface area (Å²) < 4.78 is 29.3. The molecule has 23 heavy (non-hydrogen) atoms. The predicted octanol–water partition coefficient (Wildman–Crippen LogP) is 3.63. The normalized spacial score (nSPS) is 13.7. The molecular formula is C17H25N3O2S. The Bertz CT molecular complexity index is 746. The van der Waals surface area contributed by atoms with Gasteiger partial charge in [0.15, 0.2) is 0 Å². The summed E-state index contributed by atoms with van der Waals surface area (Å²) in [4.78, 5) is 0.192. The van der Waals surface area contributed by atoms with Crippen molar-refractivity contribution in [1.82, 2.24) is 14.5 Å². The van der Waals surface area contributed by atoms with Crippen molar-refractivity contribution < 1.29 is 8.42 Å². The quantitative estimate of drug-likeness (QED) is 0.877. The van der Waals surface area contributed by atoms with Crippen LogP contribution in [0.2, 0.25) is 0 Å². The van der Waals surface area contributed by atoms with Crippen LogP contribution in [0, 0.1) is 0 Å². The van der Waals surface area contributed by atoms with Crippen molar-refractivity contribution in [2.75, 3.05) is 0 Å². The number of sulfonamides is 1. The Kier molecular flexibility index (Phi) is 5.26. The van der Waals surface area contributed by atoms with Crippen LogP contribution in [-0.2, 0) is 10.0 Å². The third-order valence-corrected chi connectivity index (χ3v) is 5.35. The number of hydrogen-bond donors (Lipinski definition) is 1. The largest absolute Gasteiger partial charge is 0.269 e. The Hall–Kier alpha value is -1.66. The van der Waals surface area contributed by atoms with Crippen molar-refractivity contribution in [2.24, 2.45) is 0 Å². The van der Waals surface area contributed by atoms with Crippen molar-refractivity contribution in [3.63, 3.8) is 0 Å². The molecule has 0 saturated carbocycles. The molecule has 0 unspecified atom stereocenters. The smallest absolute Gasteiger partial charge is 0.244 e. The second-order valence-corrected chi connectivity index (χ2v) is 8.13. The Morgan fingerprint density at radius 2 is 1.57 bits per heavy atom. The third kappa shape index (κ3) is 4.20. The van der Waals surface area contributed by atoms with Gasteiger partial charge in [-0.1, -0.05) is 38.1 Å². The van der Waals surface area contributed by atoms with Crippen LogP contribution in [0.3, 0.4) is 0 Å². The summed E-state index contributed by atoms with van der Waals surface area (Å²) >= 11 is 0. The van der Waals surface area contributed by atoms with Crippen LogP contribution in [-0.4, -0.2) is 18.2 Å². The van der Waals surface area contributed by atoms with Crippen LogP contribution in [0.4, 0.5) is 0 Å². The molecule has 1 atom stereocenters. The molecule has 0 aliphatic rings. The van der Waals surface area contributed by atoms with Gasteiger partial charge in [0.25, 0.3) is 0 Å². The summed E-state index contributed by atoms with van der Waals surface area (Å²) in [5, 5.41) is 4.09. The molecule has 0 amide bonds. The molecule has 126 valence electrons. The lowest BCUT2D eigenvalue weighted by Gasteiger charge is -2.15. The highest BCUT2D eigenvalue weighted by Crippen LogP contribution is 2.20. The SMILES string of the molecule is CC(C)c1ccc([C@H](C)NS(=O)(=O)c2cnn(C(C)C)c2)cc1. The molecule has 0 aliphatic carbocycles. The minimum Gasteiger partial charge on any atom is -0.269 e. The lowest BCUT2D eigenvalue weighted by atomic mass is 10.00. The first-order chi connectivity index (χ1) is 10.7. The molecule has 0 radical (unpaired) electrons. The molecule has 1 aromatic carbocycles. The maximum absolute atomic E-state index is 12.5. The van der Waals surface area contributed by atoms with Gasteiger partial charge in [0, 0.05) is 18.3 Å². The van der Waals surface area contributed by atoms with E-state index in [0.29, 0.717) is 5.92 Å². The molecular weight excluding hydrogens is 310 g/mol. The van der Waals surface area contributed by atoms with Gasteiger partial charge in [-0.25, -0.2) is 13.1 Å². The summed E-state index contributed by atoms with van der Waals surface area (Å²) in [5.74, 6) is 0.456. The molecule has 5 nitrogen and oxygen atoms in total. The second-order valence-electron chi connectivity index (χ2n) is 6.41. The molecule has 1 aromatic heterocycles. The number of benzene rings is 1. The molecule has 1 N–H and O–H groups in total. The highest BCUT2D eigenvalue weighted by molar-refractivity contribution is 7.89. The Morgan fingerprint density at radius 1 is 1.00 bits per heavy atom. The topological polar surface area (TPSA) is 64.0 Å². The van der Waals surface area contributed by atoms with E-state index in [4.69, 9.17) is 0 Å². The lowest BCUT2D eigenvalue weighted by Crippen LogP contribution is -2.26. The fraction of sp³-hybridized carbons (Fsp3) is 0.471. The van der Waals surface area contributed by atoms with Crippen molar-refractivity contribution in [2.45, 2.75) is 57.5 Å². The van der Waals surface area contributed by atoms with Crippen molar-refractivity contribution in [3.05, 3.63) is 47.8 Å². The number of hydrogen-bond acceptors (Lipinski definition) is 3. The highest BCUT2D eigenvalue weighted by Gasteiger charge is 2.20. The van der Waals surface area contributed by atoms with Gasteiger partial charge in [0.05, 0.1) is 6.20 Å². The molecule has 0 spiro atoms. The van der Waals surface area contributed by atoms with E-state index in [-0.39, 0.29) is 17.0 Å². The predicted molar refractivity (Wildman–Crippen MR) is 91.9 cm³/mol. The Labute approximate surface area is 138 Å². The van der Waals surface area contributed by atoms with E-state index in [1.807, 2.05) is 45.0 Å². The van der Waals surface area contributed by atoms with Crippen LogP contribution in [0.5, 0.6) is 0 Å². The standard InChI is InChI=1S/C17H25N3O2S/c1-12(2)15-6-8-16(9-7-15)14(5)19-23(21,22)17-10-18-20(11-17)13(3)4/h6-14,19H,1-5H3/t14-/m0/s1. The zero-order chi connectivity index (χ0) is 17.2. The minimum absolute atomic E-state index is 0.125. The van der Waals surface area contributed by atoms with Crippen molar-refractivity contribution in [1.29, 1.82) is 0 Å². The average molecular weight is 335 g/mol. The van der Waals surface area contributed by atoms with Gasteiger partial charge >= 0.3 is 0 Å². The first-order valence-electron chi connectivity index (χ1n) is 7.87. The van der Waals surface area contributed by atoms with E-state index in [2.05, 4.69) is 23.7 Å². The summed E-state index contributed by atoms with van der Waals surface area (Å²) in [5.41, 5.74) is 2.18. The van der Waals surface area contributed by atoms with Crippen molar-refractivity contribution >= 4 is 10.0 Å². The second kappa shape index (κ2) is 6.84. The van der Waals surface area contributed by atoms with Crippen LogP contribution in [0.25, 0.3) is 0 Å². The number of rotatable bonds is 6. The van der Waals surface area contributed by atoms with Crippen LogP contribution in [0.1, 0.15) is 63.7 Å². The average Bonchev–Trinajstić information content (AvgIpc) is 2.97. The van der Waals surface area contributed by atoms with E-state index in [1.54, 1.807) is 10.9 Å². The maximum atomic E-state index is 12.5. The summed E-state index contributed by atoms with van der Waals surface area (Å²) in [6.07, 6.45) is 2.94. The summed E-state index contributed by atoms with van der Waals surface area (Å²) in [7, 11) is -3.58. The van der Waals surface area contributed by atoms with E-state index < -0.39 is 10.0 Å². The molecule has 0 fully saturated rings. The van der Waals surface area contributed by atoms with Gasteiger partial charge in [-0.2, -0.15) is 5.10 Å². The molecule has 0 bridgehead atoms. The van der Waals surface area contributed by atoms with Gasteiger partial charge in [0.1, 0.15) is 4.90 Å². The Balaban J connectivity index is 2.15.